The number of hydrogen-bond donors (Lipinski definition) is 2. The van der Waals surface area contributed by atoms with Crippen LogP contribution in [0.2, 0.25) is 0 Å². The topological polar surface area (TPSA) is 129 Å². The number of benzene rings is 2. The van der Waals surface area contributed by atoms with E-state index in [0.717, 1.165) is 0 Å². The van der Waals surface area contributed by atoms with Gasteiger partial charge in [0.15, 0.2) is 5.75 Å². The van der Waals surface area contributed by atoms with Gasteiger partial charge in [-0.15, -0.1) is 0 Å². The molecule has 0 spiro atoms. The Labute approximate surface area is 162 Å². The lowest BCUT2D eigenvalue weighted by Crippen LogP contribution is -2.17. The summed E-state index contributed by atoms with van der Waals surface area (Å²) in [6.45, 7) is 4.31. The van der Waals surface area contributed by atoms with E-state index in [1.165, 1.54) is 12.3 Å². The summed E-state index contributed by atoms with van der Waals surface area (Å²) in [4.78, 5) is 22.9. The highest BCUT2D eigenvalue weighted by atomic mass is 16.6. The molecular weight excluding hydrogens is 364 g/mol. The van der Waals surface area contributed by atoms with Gasteiger partial charge in [-0.25, -0.2) is 5.43 Å². The number of nitrogen functional groups attached to an aromatic ring is 1. The summed E-state index contributed by atoms with van der Waals surface area (Å²) in [6, 6.07) is 9.22. The molecule has 0 saturated carbocycles. The summed E-state index contributed by atoms with van der Waals surface area (Å²) in [5, 5.41) is 15.3. The molecule has 0 heterocycles. The van der Waals surface area contributed by atoms with Crippen LogP contribution < -0.4 is 20.6 Å². The first-order chi connectivity index (χ1) is 13.5. The summed E-state index contributed by atoms with van der Waals surface area (Å²) in [6.07, 6.45) is 2.00. The third kappa shape index (κ3) is 5.44. The predicted molar refractivity (Wildman–Crippen MR) is 106 cm³/mol. The summed E-state index contributed by atoms with van der Waals surface area (Å²) in [7, 11) is 0. The fourth-order valence-corrected chi connectivity index (χ4v) is 2.29. The molecule has 0 unspecified atom stereocenters. The molecule has 0 aromatic heterocycles. The first-order valence-electron chi connectivity index (χ1n) is 8.73. The van der Waals surface area contributed by atoms with Crippen molar-refractivity contribution in [1.29, 1.82) is 0 Å². The lowest BCUT2D eigenvalue weighted by atomic mass is 10.2. The molecule has 9 heteroatoms. The van der Waals surface area contributed by atoms with Crippen molar-refractivity contribution in [3.8, 4) is 11.5 Å². The molecule has 2 aromatic rings. The smallest absolute Gasteiger partial charge is 0.315 e. The largest absolute Gasteiger partial charge is 0.490 e. The van der Waals surface area contributed by atoms with E-state index in [9.17, 15) is 14.9 Å². The van der Waals surface area contributed by atoms with Gasteiger partial charge in [-0.3, -0.25) is 14.9 Å². The zero-order valence-corrected chi connectivity index (χ0v) is 15.7. The number of nitrogens with two attached hydrogens (primary N) is 1. The van der Waals surface area contributed by atoms with Gasteiger partial charge >= 0.3 is 5.69 Å². The number of hydrazone groups is 1. The van der Waals surface area contributed by atoms with Crippen molar-refractivity contribution >= 4 is 23.5 Å². The first kappa shape index (κ1) is 20.7. The highest BCUT2D eigenvalue weighted by Crippen LogP contribution is 2.38. The van der Waals surface area contributed by atoms with Gasteiger partial charge < -0.3 is 15.2 Å². The second kappa shape index (κ2) is 9.91. The Morgan fingerprint density at radius 1 is 1.25 bits per heavy atom. The molecular formula is C19H22N4O5. The molecule has 2 aromatic carbocycles. The lowest BCUT2D eigenvalue weighted by Gasteiger charge is -2.12. The van der Waals surface area contributed by atoms with Crippen molar-refractivity contribution in [2.24, 2.45) is 5.10 Å². The average molecular weight is 386 g/mol. The Morgan fingerprint density at radius 3 is 2.57 bits per heavy atom. The Hall–Kier alpha value is -3.62. The first-order valence-corrected chi connectivity index (χ1v) is 8.73. The van der Waals surface area contributed by atoms with Crippen molar-refractivity contribution in [3.63, 3.8) is 0 Å². The summed E-state index contributed by atoms with van der Waals surface area (Å²) >= 11 is 0. The van der Waals surface area contributed by atoms with Crippen LogP contribution in [0, 0.1) is 10.1 Å². The zero-order valence-electron chi connectivity index (χ0n) is 15.7. The van der Waals surface area contributed by atoms with Crippen molar-refractivity contribution in [1.82, 2.24) is 5.43 Å². The number of nitro groups is 1. The minimum atomic E-state index is -0.544. The highest BCUT2D eigenvalue weighted by Gasteiger charge is 2.22. The molecule has 3 N–H and O–H groups in total. The standard InChI is InChI=1S/C19H22N4O5/c1-3-9-28-18-16(23(25)26)10-13(11-17(18)27-4-2)12-21-22-19(24)14-5-7-15(20)8-6-14/h5-8,10-12H,3-4,9,20H2,1-2H3,(H,22,24)/b21-12-. The van der Waals surface area contributed by atoms with Crippen molar-refractivity contribution in [2.45, 2.75) is 20.3 Å². The molecule has 0 saturated heterocycles. The quantitative estimate of drug-likeness (QED) is 0.295. The van der Waals surface area contributed by atoms with Crippen LogP contribution in [-0.4, -0.2) is 30.3 Å². The second-order valence-electron chi connectivity index (χ2n) is 5.73. The van der Waals surface area contributed by atoms with Crippen LogP contribution in [0.15, 0.2) is 41.5 Å². The molecule has 1 amide bonds. The molecule has 28 heavy (non-hydrogen) atoms. The van der Waals surface area contributed by atoms with Crippen molar-refractivity contribution in [2.75, 3.05) is 18.9 Å². The third-order valence-corrected chi connectivity index (χ3v) is 3.56. The summed E-state index contributed by atoms with van der Waals surface area (Å²) < 4.78 is 11.0. The van der Waals surface area contributed by atoms with E-state index in [4.69, 9.17) is 15.2 Å². The number of rotatable bonds is 9. The molecule has 0 bridgehead atoms. The van der Waals surface area contributed by atoms with Crippen molar-refractivity contribution < 1.29 is 19.2 Å². The predicted octanol–water partition coefficient (Wildman–Crippen LogP) is 3.13. The van der Waals surface area contributed by atoms with E-state index in [1.807, 2.05) is 6.92 Å². The molecule has 0 aliphatic heterocycles. The van der Waals surface area contributed by atoms with Gasteiger partial charge in [0.1, 0.15) is 0 Å². The molecule has 0 atom stereocenters. The number of nitro benzene ring substituents is 1. The Kier molecular flexibility index (Phi) is 7.32. The van der Waals surface area contributed by atoms with Gasteiger partial charge in [-0.1, -0.05) is 6.92 Å². The van der Waals surface area contributed by atoms with Gasteiger partial charge in [0.25, 0.3) is 5.91 Å². The number of nitrogens with one attached hydrogen (secondary N) is 1. The van der Waals surface area contributed by atoms with Crippen LogP contribution in [-0.2, 0) is 0 Å². The number of carbonyl (C=O) groups is 1. The molecule has 0 radical (unpaired) electrons. The summed E-state index contributed by atoms with van der Waals surface area (Å²) in [5.74, 6) is -0.105. The SMILES string of the molecule is CCCOc1c(OCC)cc(/C=N\NC(=O)c2ccc(N)cc2)cc1[N+](=O)[O-]. The number of ether oxygens (including phenoxy) is 2. The molecule has 2 rings (SSSR count). The van der Waals surface area contributed by atoms with Gasteiger partial charge in [0.05, 0.1) is 24.4 Å². The lowest BCUT2D eigenvalue weighted by molar-refractivity contribution is -0.386. The van der Waals surface area contributed by atoms with Crippen LogP contribution in [0.3, 0.4) is 0 Å². The zero-order chi connectivity index (χ0) is 20.5. The fourth-order valence-electron chi connectivity index (χ4n) is 2.29. The number of hydrogen-bond acceptors (Lipinski definition) is 7. The summed E-state index contributed by atoms with van der Waals surface area (Å²) in [5.41, 5.74) is 9.03. The van der Waals surface area contributed by atoms with Crippen LogP contribution in [0.4, 0.5) is 11.4 Å². The van der Waals surface area contributed by atoms with Gasteiger partial charge in [0.2, 0.25) is 5.75 Å². The molecule has 9 nitrogen and oxygen atoms in total. The molecule has 148 valence electrons. The van der Waals surface area contributed by atoms with Crippen LogP contribution >= 0.6 is 0 Å². The molecule has 0 aliphatic rings. The Morgan fingerprint density at radius 2 is 1.96 bits per heavy atom. The van der Waals surface area contributed by atoms with E-state index >= 15 is 0 Å². The van der Waals surface area contributed by atoms with E-state index in [0.29, 0.717) is 36.4 Å². The number of nitrogens with zero attached hydrogens (tertiary/aromatic N) is 2. The van der Waals surface area contributed by atoms with E-state index < -0.39 is 10.8 Å². The Bertz CT molecular complexity index is 865. The molecule has 0 aliphatic carbocycles. The van der Waals surface area contributed by atoms with Gasteiger partial charge in [-0.05, 0) is 43.7 Å². The van der Waals surface area contributed by atoms with Gasteiger partial charge in [-0.2, -0.15) is 5.10 Å². The minimum absolute atomic E-state index is 0.0803. The number of anilines is 1. The van der Waals surface area contributed by atoms with Crippen LogP contribution in [0.5, 0.6) is 11.5 Å². The highest BCUT2D eigenvalue weighted by molar-refractivity contribution is 5.95. The monoisotopic (exact) mass is 386 g/mol. The minimum Gasteiger partial charge on any atom is -0.490 e. The maximum atomic E-state index is 12.0. The average Bonchev–Trinajstić information content (AvgIpc) is 2.67. The van der Waals surface area contributed by atoms with E-state index in [-0.39, 0.29) is 17.2 Å². The van der Waals surface area contributed by atoms with Crippen LogP contribution in [0.25, 0.3) is 0 Å². The van der Waals surface area contributed by atoms with E-state index in [1.54, 1.807) is 37.3 Å². The Balaban J connectivity index is 2.24. The normalized spacial score (nSPS) is 10.6. The number of carbonyl (C=O) groups excluding carboxylic acids is 1. The van der Waals surface area contributed by atoms with E-state index in [2.05, 4.69) is 10.5 Å². The maximum Gasteiger partial charge on any atom is 0.315 e. The second-order valence-corrected chi connectivity index (χ2v) is 5.73. The third-order valence-electron chi connectivity index (χ3n) is 3.56. The number of amides is 1. The van der Waals surface area contributed by atoms with Crippen LogP contribution in [0.1, 0.15) is 36.2 Å². The maximum absolute atomic E-state index is 12.0. The van der Waals surface area contributed by atoms with Gasteiger partial charge in [0, 0.05) is 22.9 Å². The van der Waals surface area contributed by atoms with Crippen molar-refractivity contribution in [3.05, 3.63) is 57.6 Å². The fraction of sp³-hybridized carbons (Fsp3) is 0.263. The molecule has 0 fully saturated rings.